The van der Waals surface area contributed by atoms with E-state index in [4.69, 9.17) is 14.2 Å². The van der Waals surface area contributed by atoms with E-state index in [-0.39, 0.29) is 12.2 Å². The molecule has 0 amide bonds. The van der Waals surface area contributed by atoms with Crippen molar-refractivity contribution in [3.8, 4) is 5.75 Å². The number of fused-ring (bicyclic) bond motifs is 1. The van der Waals surface area contributed by atoms with Crippen molar-refractivity contribution >= 4 is 5.69 Å². The maximum absolute atomic E-state index is 6.44. The monoisotopic (exact) mass is 425 g/mol. The highest BCUT2D eigenvalue weighted by Crippen LogP contribution is 2.44. The highest BCUT2D eigenvalue weighted by atomic mass is 16.6. The standard InChI is InChI=1S/C27H39NO3/c1-5-7-12-18-30-26-25(29-17-8-6-2)23-19-22(15-16-24(23)31-27(26,3)4)28-20-21-13-10-9-11-14-21/h9-11,13-16,19,25-26,28H,5-8,12,17-18,20H2,1-4H3. The summed E-state index contributed by atoms with van der Waals surface area (Å²) in [6.07, 6.45) is 5.31. The highest BCUT2D eigenvalue weighted by Gasteiger charge is 2.45. The molecule has 1 aliphatic rings. The summed E-state index contributed by atoms with van der Waals surface area (Å²) in [7, 11) is 0. The molecule has 3 rings (SSSR count). The summed E-state index contributed by atoms with van der Waals surface area (Å²) >= 11 is 0. The Morgan fingerprint density at radius 3 is 2.39 bits per heavy atom. The number of ether oxygens (including phenoxy) is 3. The Morgan fingerprint density at radius 2 is 1.65 bits per heavy atom. The van der Waals surface area contributed by atoms with Gasteiger partial charge in [-0.1, -0.05) is 63.4 Å². The van der Waals surface area contributed by atoms with Gasteiger partial charge < -0.3 is 19.5 Å². The molecule has 1 heterocycles. The number of nitrogens with one attached hydrogen (secondary N) is 1. The van der Waals surface area contributed by atoms with Gasteiger partial charge in [0.15, 0.2) is 0 Å². The van der Waals surface area contributed by atoms with Crippen LogP contribution >= 0.6 is 0 Å². The largest absolute Gasteiger partial charge is 0.485 e. The number of rotatable bonds is 12. The molecule has 0 bridgehead atoms. The van der Waals surface area contributed by atoms with Crippen LogP contribution in [-0.2, 0) is 16.0 Å². The lowest BCUT2D eigenvalue weighted by Crippen LogP contribution is -2.51. The first-order valence-electron chi connectivity index (χ1n) is 11.9. The van der Waals surface area contributed by atoms with Gasteiger partial charge in [0, 0.05) is 31.0 Å². The molecular formula is C27H39NO3. The summed E-state index contributed by atoms with van der Waals surface area (Å²) < 4.78 is 19.2. The predicted octanol–water partition coefficient (Wildman–Crippen LogP) is 6.90. The van der Waals surface area contributed by atoms with Crippen LogP contribution in [0, 0.1) is 0 Å². The fraction of sp³-hybridized carbons (Fsp3) is 0.556. The molecule has 2 unspecified atom stereocenters. The van der Waals surface area contributed by atoms with Gasteiger partial charge in [-0.2, -0.15) is 0 Å². The second-order valence-electron chi connectivity index (χ2n) is 8.94. The highest BCUT2D eigenvalue weighted by molar-refractivity contribution is 5.53. The van der Waals surface area contributed by atoms with E-state index < -0.39 is 5.60 Å². The SMILES string of the molecule is CCCCCOC1C(OCCCC)c2cc(NCc3ccccc3)ccc2OC1(C)C. The molecule has 1 N–H and O–H groups in total. The van der Waals surface area contributed by atoms with Crippen molar-refractivity contribution in [1.82, 2.24) is 0 Å². The minimum atomic E-state index is -0.449. The molecule has 2 aromatic rings. The van der Waals surface area contributed by atoms with Crippen molar-refractivity contribution in [2.24, 2.45) is 0 Å². The number of benzene rings is 2. The van der Waals surface area contributed by atoms with Crippen LogP contribution in [0.2, 0.25) is 0 Å². The molecule has 2 atom stereocenters. The van der Waals surface area contributed by atoms with Crippen LogP contribution in [0.15, 0.2) is 48.5 Å². The minimum Gasteiger partial charge on any atom is -0.485 e. The normalized spacial score (nSPS) is 19.5. The molecule has 4 heteroatoms. The first kappa shape index (κ1) is 23.6. The van der Waals surface area contributed by atoms with Crippen molar-refractivity contribution < 1.29 is 14.2 Å². The predicted molar refractivity (Wildman–Crippen MR) is 128 cm³/mol. The van der Waals surface area contributed by atoms with E-state index in [1.807, 2.05) is 6.07 Å². The molecule has 0 aromatic heterocycles. The first-order valence-corrected chi connectivity index (χ1v) is 11.9. The molecule has 0 saturated heterocycles. The average Bonchev–Trinajstić information content (AvgIpc) is 2.77. The fourth-order valence-electron chi connectivity index (χ4n) is 4.03. The van der Waals surface area contributed by atoms with Gasteiger partial charge in [-0.3, -0.25) is 0 Å². The fourth-order valence-corrected chi connectivity index (χ4v) is 4.03. The Bertz CT molecular complexity index is 790. The molecule has 4 nitrogen and oxygen atoms in total. The lowest BCUT2D eigenvalue weighted by atomic mass is 9.87. The van der Waals surface area contributed by atoms with Gasteiger partial charge in [-0.05, 0) is 50.5 Å². The van der Waals surface area contributed by atoms with E-state index in [1.54, 1.807) is 0 Å². The maximum Gasteiger partial charge on any atom is 0.132 e. The van der Waals surface area contributed by atoms with Crippen molar-refractivity contribution in [3.05, 3.63) is 59.7 Å². The maximum atomic E-state index is 6.44. The van der Waals surface area contributed by atoms with Gasteiger partial charge in [0.1, 0.15) is 23.6 Å². The topological polar surface area (TPSA) is 39.7 Å². The number of unbranched alkanes of at least 4 members (excludes halogenated alkanes) is 3. The minimum absolute atomic E-state index is 0.134. The van der Waals surface area contributed by atoms with Crippen LogP contribution in [0.25, 0.3) is 0 Å². The smallest absolute Gasteiger partial charge is 0.132 e. The van der Waals surface area contributed by atoms with Crippen molar-refractivity contribution in [2.75, 3.05) is 18.5 Å². The Morgan fingerprint density at radius 1 is 0.903 bits per heavy atom. The molecular weight excluding hydrogens is 386 g/mol. The summed E-state index contributed by atoms with van der Waals surface area (Å²) in [6, 6.07) is 16.8. The zero-order chi connectivity index (χ0) is 22.1. The van der Waals surface area contributed by atoms with Crippen LogP contribution in [0.1, 0.15) is 77.0 Å². The van der Waals surface area contributed by atoms with Gasteiger partial charge in [-0.25, -0.2) is 0 Å². The number of hydrogen-bond donors (Lipinski definition) is 1. The van der Waals surface area contributed by atoms with E-state index in [0.29, 0.717) is 0 Å². The number of hydrogen-bond acceptors (Lipinski definition) is 4. The summed E-state index contributed by atoms with van der Waals surface area (Å²) in [5, 5.41) is 3.54. The van der Waals surface area contributed by atoms with E-state index >= 15 is 0 Å². The second kappa shape index (κ2) is 11.5. The molecule has 0 saturated carbocycles. The van der Waals surface area contributed by atoms with Crippen molar-refractivity contribution in [2.45, 2.75) is 84.2 Å². The van der Waals surface area contributed by atoms with Crippen LogP contribution in [0.5, 0.6) is 5.75 Å². The second-order valence-corrected chi connectivity index (χ2v) is 8.94. The summed E-state index contributed by atoms with van der Waals surface area (Å²) in [4.78, 5) is 0. The molecule has 0 aliphatic carbocycles. The van der Waals surface area contributed by atoms with Gasteiger partial charge in [0.2, 0.25) is 0 Å². The third-order valence-electron chi connectivity index (χ3n) is 5.83. The van der Waals surface area contributed by atoms with Crippen LogP contribution in [0.4, 0.5) is 5.69 Å². The summed E-state index contributed by atoms with van der Waals surface area (Å²) in [5.41, 5.74) is 2.95. The molecule has 2 aromatic carbocycles. The van der Waals surface area contributed by atoms with Crippen LogP contribution in [-0.4, -0.2) is 24.9 Å². The van der Waals surface area contributed by atoms with E-state index in [0.717, 1.165) is 56.0 Å². The van der Waals surface area contributed by atoms with E-state index in [2.05, 4.69) is 75.5 Å². The third kappa shape index (κ3) is 6.47. The molecule has 1 aliphatic heterocycles. The molecule has 0 spiro atoms. The lowest BCUT2D eigenvalue weighted by Gasteiger charge is -2.44. The van der Waals surface area contributed by atoms with Crippen LogP contribution in [0.3, 0.4) is 0 Å². The third-order valence-corrected chi connectivity index (χ3v) is 5.83. The molecule has 0 radical (unpaired) electrons. The molecule has 0 fully saturated rings. The van der Waals surface area contributed by atoms with Crippen molar-refractivity contribution in [1.29, 1.82) is 0 Å². The summed E-state index contributed by atoms with van der Waals surface area (Å²) in [5.74, 6) is 0.894. The van der Waals surface area contributed by atoms with E-state index in [9.17, 15) is 0 Å². The zero-order valence-electron chi connectivity index (χ0n) is 19.7. The zero-order valence-corrected chi connectivity index (χ0v) is 19.7. The lowest BCUT2D eigenvalue weighted by molar-refractivity contribution is -0.163. The van der Waals surface area contributed by atoms with Crippen LogP contribution < -0.4 is 10.1 Å². The summed E-state index contributed by atoms with van der Waals surface area (Å²) in [6.45, 7) is 10.9. The average molecular weight is 426 g/mol. The van der Waals surface area contributed by atoms with Gasteiger partial charge in [-0.15, -0.1) is 0 Å². The Hall–Kier alpha value is -2.04. The van der Waals surface area contributed by atoms with E-state index in [1.165, 1.54) is 18.4 Å². The Labute approximate surface area is 188 Å². The van der Waals surface area contributed by atoms with Gasteiger partial charge >= 0.3 is 0 Å². The quantitative estimate of drug-likeness (QED) is 0.375. The van der Waals surface area contributed by atoms with Crippen molar-refractivity contribution in [3.63, 3.8) is 0 Å². The Kier molecular flexibility index (Phi) is 8.79. The first-order chi connectivity index (χ1) is 15.0. The van der Waals surface area contributed by atoms with Gasteiger partial charge in [0.05, 0.1) is 0 Å². The molecule has 170 valence electrons. The molecule has 31 heavy (non-hydrogen) atoms. The van der Waals surface area contributed by atoms with Gasteiger partial charge in [0.25, 0.3) is 0 Å². The number of anilines is 1. The Balaban J connectivity index is 1.80.